The van der Waals surface area contributed by atoms with Crippen molar-refractivity contribution in [1.82, 2.24) is 9.88 Å². The van der Waals surface area contributed by atoms with Gasteiger partial charge in [0, 0.05) is 36.0 Å². The summed E-state index contributed by atoms with van der Waals surface area (Å²) in [6, 6.07) is 11.7. The average Bonchev–Trinajstić information content (AvgIpc) is 2.90. The summed E-state index contributed by atoms with van der Waals surface area (Å²) < 4.78 is 29.2. The van der Waals surface area contributed by atoms with E-state index in [0.717, 1.165) is 40.2 Å². The van der Waals surface area contributed by atoms with Gasteiger partial charge in [0.25, 0.3) is 0 Å². The average molecular weight is 536 g/mol. The molecule has 0 saturated heterocycles. The monoisotopic (exact) mass is 535 g/mol. The third kappa shape index (κ3) is 5.07. The number of anilines is 1. The molecule has 38 heavy (non-hydrogen) atoms. The highest BCUT2D eigenvalue weighted by Crippen LogP contribution is 2.37. The number of amides is 2. The number of rotatable bonds is 2. The number of benzene rings is 2. The number of aryl methyl sites for hydroxylation is 1. The van der Waals surface area contributed by atoms with Crippen molar-refractivity contribution in [3.8, 4) is 11.1 Å². The van der Waals surface area contributed by atoms with Gasteiger partial charge in [-0.25, -0.2) is 8.78 Å². The van der Waals surface area contributed by atoms with Crippen LogP contribution in [0.1, 0.15) is 55.5 Å². The fourth-order valence-electron chi connectivity index (χ4n) is 5.26. The zero-order valence-electron chi connectivity index (χ0n) is 21.2. The summed E-state index contributed by atoms with van der Waals surface area (Å²) in [6.07, 6.45) is 5.23. The molecule has 0 radical (unpaired) electrons. The first-order valence-electron chi connectivity index (χ1n) is 12.8. The second kappa shape index (κ2) is 10.7. The first kappa shape index (κ1) is 26.0. The number of aromatic nitrogens is 1. The minimum atomic E-state index is -0.860. The van der Waals surface area contributed by atoms with Crippen LogP contribution in [0.2, 0.25) is 5.02 Å². The van der Waals surface area contributed by atoms with Crippen LogP contribution in [0.4, 0.5) is 14.5 Å². The zero-order chi connectivity index (χ0) is 27.0. The third-order valence-corrected chi connectivity index (χ3v) is 7.66. The second-order valence-corrected chi connectivity index (χ2v) is 10.4. The maximum atomic E-state index is 14.7. The Bertz CT molecular complexity index is 1460. The molecule has 2 aliphatic heterocycles. The fraction of sp³-hybridized carbons (Fsp3) is 0.300. The molecule has 1 N–H and O–H groups in total. The fourth-order valence-corrected chi connectivity index (χ4v) is 5.41. The van der Waals surface area contributed by atoms with E-state index in [1.807, 2.05) is 44.2 Å². The summed E-state index contributed by atoms with van der Waals surface area (Å²) in [7, 11) is 0. The van der Waals surface area contributed by atoms with Crippen molar-refractivity contribution >= 4 is 34.7 Å². The number of pyridine rings is 1. The largest absolute Gasteiger partial charge is 0.330 e. The lowest BCUT2D eigenvalue weighted by molar-refractivity contribution is -0.129. The molecular formula is C30H28ClF2N3O2. The number of hydrogen-bond donors (Lipinski definition) is 1. The SMILES string of the molecule is Cc1ccc2c(c1)-c1ccnc(c1)C(N1CCC(c3c(F)ccc(Cl)c3F)=CC1=O)CCCC(C)C(=O)N2. The molecule has 0 aliphatic carbocycles. The Balaban J connectivity index is 1.54. The van der Waals surface area contributed by atoms with Crippen molar-refractivity contribution < 1.29 is 18.4 Å². The summed E-state index contributed by atoms with van der Waals surface area (Å²) in [5.41, 5.74) is 4.32. The van der Waals surface area contributed by atoms with Crippen LogP contribution in [-0.2, 0) is 9.59 Å². The van der Waals surface area contributed by atoms with Crippen LogP contribution in [0.5, 0.6) is 0 Å². The van der Waals surface area contributed by atoms with Crippen molar-refractivity contribution in [3.05, 3.63) is 88.2 Å². The summed E-state index contributed by atoms with van der Waals surface area (Å²) in [5.74, 6) is -2.21. The van der Waals surface area contributed by atoms with E-state index in [2.05, 4.69) is 10.3 Å². The van der Waals surface area contributed by atoms with Gasteiger partial charge in [0.05, 0.1) is 22.3 Å². The van der Waals surface area contributed by atoms with Crippen molar-refractivity contribution in [2.75, 3.05) is 11.9 Å². The van der Waals surface area contributed by atoms with Crippen LogP contribution < -0.4 is 5.32 Å². The number of nitrogens with zero attached hydrogens (tertiary/aromatic N) is 2. The molecule has 0 saturated carbocycles. The Morgan fingerprint density at radius 3 is 2.68 bits per heavy atom. The van der Waals surface area contributed by atoms with Gasteiger partial charge in [0.15, 0.2) is 5.82 Å². The first-order valence-corrected chi connectivity index (χ1v) is 13.1. The smallest absolute Gasteiger partial charge is 0.247 e. The van der Waals surface area contributed by atoms with Crippen molar-refractivity contribution in [3.63, 3.8) is 0 Å². The van der Waals surface area contributed by atoms with Gasteiger partial charge in [-0.3, -0.25) is 14.6 Å². The number of carbonyl (C=O) groups excluding carboxylic acids is 2. The molecule has 2 bridgehead atoms. The van der Waals surface area contributed by atoms with E-state index in [0.29, 0.717) is 19.3 Å². The van der Waals surface area contributed by atoms with E-state index in [1.165, 1.54) is 6.08 Å². The van der Waals surface area contributed by atoms with Gasteiger partial charge >= 0.3 is 0 Å². The van der Waals surface area contributed by atoms with Gasteiger partial charge < -0.3 is 10.2 Å². The van der Waals surface area contributed by atoms with Crippen LogP contribution in [0.15, 0.2) is 54.7 Å². The predicted octanol–water partition coefficient (Wildman–Crippen LogP) is 7.10. The van der Waals surface area contributed by atoms with E-state index >= 15 is 0 Å². The predicted molar refractivity (Wildman–Crippen MR) is 144 cm³/mol. The molecule has 2 aromatic carbocycles. The van der Waals surface area contributed by atoms with Gasteiger partial charge in [-0.15, -0.1) is 0 Å². The van der Waals surface area contributed by atoms with Crippen LogP contribution in [0.3, 0.4) is 0 Å². The molecule has 3 aromatic rings. The summed E-state index contributed by atoms with van der Waals surface area (Å²) in [4.78, 5) is 32.7. The third-order valence-electron chi connectivity index (χ3n) is 7.37. The van der Waals surface area contributed by atoms with E-state index in [1.54, 1.807) is 11.1 Å². The minimum Gasteiger partial charge on any atom is -0.330 e. The number of hydrogen-bond acceptors (Lipinski definition) is 3. The van der Waals surface area contributed by atoms with Crippen LogP contribution in [0, 0.1) is 24.5 Å². The topological polar surface area (TPSA) is 62.3 Å². The molecular weight excluding hydrogens is 508 g/mol. The molecule has 0 spiro atoms. The van der Waals surface area contributed by atoms with E-state index in [-0.39, 0.29) is 52.9 Å². The molecule has 3 heterocycles. The Hall–Kier alpha value is -3.58. The lowest BCUT2D eigenvalue weighted by atomic mass is 9.92. The zero-order valence-corrected chi connectivity index (χ0v) is 22.0. The van der Waals surface area contributed by atoms with Gasteiger partial charge in [-0.1, -0.05) is 36.6 Å². The number of nitrogens with one attached hydrogen (secondary N) is 1. The minimum absolute atomic E-state index is 0.0475. The van der Waals surface area contributed by atoms with Crippen LogP contribution in [0.25, 0.3) is 16.7 Å². The lowest BCUT2D eigenvalue weighted by Crippen LogP contribution is -2.38. The molecule has 5 rings (SSSR count). The highest BCUT2D eigenvalue weighted by Gasteiger charge is 2.31. The Kier molecular flexibility index (Phi) is 7.30. The highest BCUT2D eigenvalue weighted by molar-refractivity contribution is 6.31. The Labute approximate surface area is 225 Å². The van der Waals surface area contributed by atoms with E-state index in [4.69, 9.17) is 11.6 Å². The molecule has 8 heteroatoms. The molecule has 5 nitrogen and oxygen atoms in total. The number of halogens is 3. The second-order valence-electron chi connectivity index (χ2n) is 10.0. The molecule has 2 atom stereocenters. The molecule has 2 amide bonds. The first-order chi connectivity index (χ1) is 18.2. The summed E-state index contributed by atoms with van der Waals surface area (Å²) in [6.45, 7) is 4.17. The summed E-state index contributed by atoms with van der Waals surface area (Å²) >= 11 is 5.88. The van der Waals surface area contributed by atoms with Gasteiger partial charge in [0.1, 0.15) is 5.82 Å². The number of fused-ring (bicyclic) bond motifs is 4. The maximum Gasteiger partial charge on any atom is 0.247 e. The quantitative estimate of drug-likeness (QED) is 0.356. The van der Waals surface area contributed by atoms with E-state index < -0.39 is 11.6 Å². The van der Waals surface area contributed by atoms with Gasteiger partial charge in [0.2, 0.25) is 11.8 Å². The molecule has 196 valence electrons. The Morgan fingerprint density at radius 1 is 1.08 bits per heavy atom. The van der Waals surface area contributed by atoms with Crippen LogP contribution in [-0.4, -0.2) is 28.2 Å². The highest BCUT2D eigenvalue weighted by atomic mass is 35.5. The molecule has 0 fully saturated rings. The molecule has 2 unspecified atom stereocenters. The van der Waals surface area contributed by atoms with E-state index in [9.17, 15) is 18.4 Å². The van der Waals surface area contributed by atoms with Crippen molar-refractivity contribution in [2.45, 2.75) is 45.6 Å². The Morgan fingerprint density at radius 2 is 1.89 bits per heavy atom. The normalized spacial score (nSPS) is 20.1. The lowest BCUT2D eigenvalue weighted by Gasteiger charge is -2.34. The van der Waals surface area contributed by atoms with Gasteiger partial charge in [-0.2, -0.15) is 0 Å². The standard InChI is InChI=1S/C30H28ClF2N3O2/c1-17-6-9-24-21(14-17)19-10-12-34-25(15-19)26(5-3-4-18(2)30(38)35-24)36-13-11-20(16-27(36)37)28-23(32)8-7-22(31)29(28)33/h6-10,12,14-16,18,26H,3-5,11,13H2,1-2H3,(H,35,38). The number of carbonyl (C=O) groups is 2. The maximum absolute atomic E-state index is 14.7. The van der Waals surface area contributed by atoms with Crippen molar-refractivity contribution in [1.29, 1.82) is 0 Å². The van der Waals surface area contributed by atoms with Crippen molar-refractivity contribution in [2.24, 2.45) is 5.92 Å². The molecule has 1 aromatic heterocycles. The molecule has 2 aliphatic rings. The van der Waals surface area contributed by atoms with Crippen LogP contribution >= 0.6 is 11.6 Å². The van der Waals surface area contributed by atoms with Gasteiger partial charge in [-0.05, 0) is 73.7 Å². The summed E-state index contributed by atoms with van der Waals surface area (Å²) in [5, 5.41) is 2.89.